The van der Waals surface area contributed by atoms with Crippen molar-refractivity contribution in [3.05, 3.63) is 29.3 Å². The van der Waals surface area contributed by atoms with Crippen LogP contribution >= 0.6 is 23.5 Å². The van der Waals surface area contributed by atoms with Gasteiger partial charge in [0.2, 0.25) is 0 Å². The second-order valence-electron chi connectivity index (χ2n) is 4.90. The molecule has 0 amide bonds. The molecular formula is C15H23NOS2. The Morgan fingerprint density at radius 2 is 1.89 bits per heavy atom. The van der Waals surface area contributed by atoms with Gasteiger partial charge in [-0.1, -0.05) is 6.07 Å². The Morgan fingerprint density at radius 3 is 2.58 bits per heavy atom. The van der Waals surface area contributed by atoms with E-state index in [0.29, 0.717) is 6.04 Å². The van der Waals surface area contributed by atoms with Gasteiger partial charge in [-0.2, -0.15) is 23.5 Å². The topological polar surface area (TPSA) is 21.3 Å². The van der Waals surface area contributed by atoms with Gasteiger partial charge in [0.05, 0.1) is 0 Å². The Balaban J connectivity index is 1.67. The van der Waals surface area contributed by atoms with Gasteiger partial charge < -0.3 is 10.1 Å². The molecule has 0 saturated carbocycles. The highest BCUT2D eigenvalue weighted by Gasteiger charge is 2.11. The van der Waals surface area contributed by atoms with E-state index < -0.39 is 0 Å². The van der Waals surface area contributed by atoms with Crippen LogP contribution in [-0.2, 0) is 0 Å². The molecule has 0 atom stereocenters. The minimum Gasteiger partial charge on any atom is -0.492 e. The Kier molecular flexibility index (Phi) is 6.41. The lowest BCUT2D eigenvalue weighted by molar-refractivity contribution is 0.309. The SMILES string of the molecule is Cc1ccc(OCCNC2CSCCSC2)cc1C. The van der Waals surface area contributed by atoms with Crippen molar-refractivity contribution in [1.82, 2.24) is 5.32 Å². The molecule has 1 aliphatic rings. The van der Waals surface area contributed by atoms with Crippen LogP contribution in [0.3, 0.4) is 0 Å². The highest BCUT2D eigenvalue weighted by molar-refractivity contribution is 8.03. The fourth-order valence-electron chi connectivity index (χ4n) is 1.97. The smallest absolute Gasteiger partial charge is 0.119 e. The first kappa shape index (κ1) is 15.1. The highest BCUT2D eigenvalue weighted by atomic mass is 32.2. The number of nitrogens with one attached hydrogen (secondary N) is 1. The van der Waals surface area contributed by atoms with Gasteiger partial charge in [-0.05, 0) is 37.1 Å². The average Bonchev–Trinajstić information content (AvgIpc) is 2.67. The number of ether oxygens (including phenoxy) is 1. The molecule has 1 aliphatic heterocycles. The summed E-state index contributed by atoms with van der Waals surface area (Å²) in [5.41, 5.74) is 2.61. The zero-order chi connectivity index (χ0) is 13.5. The highest BCUT2D eigenvalue weighted by Crippen LogP contribution is 2.17. The van der Waals surface area contributed by atoms with Crippen molar-refractivity contribution in [3.63, 3.8) is 0 Å². The molecule has 4 heteroatoms. The van der Waals surface area contributed by atoms with Gasteiger partial charge in [0.15, 0.2) is 0 Å². The molecule has 19 heavy (non-hydrogen) atoms. The maximum Gasteiger partial charge on any atom is 0.119 e. The maximum absolute atomic E-state index is 5.79. The Hall–Kier alpha value is -0.320. The van der Waals surface area contributed by atoms with E-state index in [1.54, 1.807) is 0 Å². The van der Waals surface area contributed by atoms with Crippen molar-refractivity contribution in [2.24, 2.45) is 0 Å². The summed E-state index contributed by atoms with van der Waals surface area (Å²) in [6, 6.07) is 6.93. The third kappa shape index (κ3) is 5.28. The lowest BCUT2D eigenvalue weighted by Gasteiger charge is -2.15. The number of rotatable bonds is 5. The molecule has 0 spiro atoms. The lowest BCUT2D eigenvalue weighted by atomic mass is 10.1. The zero-order valence-corrected chi connectivity index (χ0v) is 13.4. The first-order valence-electron chi connectivity index (χ1n) is 6.84. The molecule has 106 valence electrons. The predicted molar refractivity (Wildman–Crippen MR) is 87.9 cm³/mol. The molecule has 1 aromatic carbocycles. The van der Waals surface area contributed by atoms with Gasteiger partial charge in [-0.25, -0.2) is 0 Å². The number of hydrogen-bond acceptors (Lipinski definition) is 4. The molecule has 0 bridgehead atoms. The van der Waals surface area contributed by atoms with Crippen LogP contribution in [0.5, 0.6) is 5.75 Å². The monoisotopic (exact) mass is 297 g/mol. The summed E-state index contributed by atoms with van der Waals surface area (Å²) in [5.74, 6) is 6.03. The van der Waals surface area contributed by atoms with Gasteiger partial charge in [0.25, 0.3) is 0 Å². The van der Waals surface area contributed by atoms with Gasteiger partial charge in [-0.15, -0.1) is 0 Å². The normalized spacial score (nSPS) is 17.2. The first-order valence-corrected chi connectivity index (χ1v) is 9.15. The molecule has 1 saturated heterocycles. The van der Waals surface area contributed by atoms with Crippen LogP contribution in [0, 0.1) is 13.8 Å². The third-order valence-electron chi connectivity index (χ3n) is 3.29. The van der Waals surface area contributed by atoms with Crippen LogP contribution in [0.25, 0.3) is 0 Å². The van der Waals surface area contributed by atoms with Crippen LogP contribution in [0.1, 0.15) is 11.1 Å². The van der Waals surface area contributed by atoms with Gasteiger partial charge in [0, 0.05) is 35.6 Å². The molecule has 0 aromatic heterocycles. The molecule has 0 unspecified atom stereocenters. The third-order valence-corrected chi connectivity index (χ3v) is 5.81. The van der Waals surface area contributed by atoms with Crippen LogP contribution in [-0.4, -0.2) is 42.2 Å². The van der Waals surface area contributed by atoms with Crippen LogP contribution < -0.4 is 10.1 Å². The first-order chi connectivity index (χ1) is 9.25. The fraction of sp³-hybridized carbons (Fsp3) is 0.600. The van der Waals surface area contributed by atoms with Crippen molar-refractivity contribution < 1.29 is 4.74 Å². The van der Waals surface area contributed by atoms with Crippen molar-refractivity contribution in [2.45, 2.75) is 19.9 Å². The number of aryl methyl sites for hydroxylation is 2. The van der Waals surface area contributed by atoms with E-state index >= 15 is 0 Å². The molecule has 1 N–H and O–H groups in total. The zero-order valence-electron chi connectivity index (χ0n) is 11.8. The molecule has 1 heterocycles. The Labute approximate surface area is 125 Å². The summed E-state index contributed by atoms with van der Waals surface area (Å²) >= 11 is 4.12. The summed E-state index contributed by atoms with van der Waals surface area (Å²) in [6.45, 7) is 5.93. The molecule has 1 aromatic rings. The van der Waals surface area contributed by atoms with E-state index in [9.17, 15) is 0 Å². The van der Waals surface area contributed by atoms with Gasteiger partial charge >= 0.3 is 0 Å². The summed E-state index contributed by atoms with van der Waals surface area (Å²) in [4.78, 5) is 0. The van der Waals surface area contributed by atoms with E-state index in [1.165, 1.54) is 34.1 Å². The van der Waals surface area contributed by atoms with E-state index in [4.69, 9.17) is 4.74 Å². The summed E-state index contributed by atoms with van der Waals surface area (Å²) in [6.07, 6.45) is 0. The van der Waals surface area contributed by atoms with Crippen molar-refractivity contribution >= 4 is 23.5 Å². The summed E-state index contributed by atoms with van der Waals surface area (Å²) in [7, 11) is 0. The minimum atomic E-state index is 0.640. The van der Waals surface area contributed by atoms with E-state index in [-0.39, 0.29) is 0 Å². The number of hydrogen-bond donors (Lipinski definition) is 1. The maximum atomic E-state index is 5.79. The average molecular weight is 297 g/mol. The Bertz CT molecular complexity index is 390. The van der Waals surface area contributed by atoms with Crippen molar-refractivity contribution in [2.75, 3.05) is 36.2 Å². The predicted octanol–water partition coefficient (Wildman–Crippen LogP) is 3.12. The molecule has 2 nitrogen and oxygen atoms in total. The van der Waals surface area contributed by atoms with Crippen LogP contribution in [0.2, 0.25) is 0 Å². The van der Waals surface area contributed by atoms with Crippen molar-refractivity contribution in [1.29, 1.82) is 0 Å². The summed E-state index contributed by atoms with van der Waals surface area (Å²) < 4.78 is 5.79. The molecule has 0 aliphatic carbocycles. The fourth-order valence-corrected chi connectivity index (χ4v) is 4.44. The van der Waals surface area contributed by atoms with Gasteiger partial charge in [-0.3, -0.25) is 0 Å². The van der Waals surface area contributed by atoms with E-state index in [0.717, 1.165) is 18.9 Å². The van der Waals surface area contributed by atoms with Crippen LogP contribution in [0.15, 0.2) is 18.2 Å². The number of benzene rings is 1. The second-order valence-corrected chi connectivity index (χ2v) is 7.20. The number of thioether (sulfide) groups is 2. The largest absolute Gasteiger partial charge is 0.492 e. The molecular weight excluding hydrogens is 274 g/mol. The van der Waals surface area contributed by atoms with Crippen LogP contribution in [0.4, 0.5) is 0 Å². The van der Waals surface area contributed by atoms with E-state index in [1.807, 2.05) is 0 Å². The van der Waals surface area contributed by atoms with Gasteiger partial charge in [0.1, 0.15) is 12.4 Å². The van der Waals surface area contributed by atoms with E-state index in [2.05, 4.69) is 60.9 Å². The molecule has 2 rings (SSSR count). The minimum absolute atomic E-state index is 0.640. The molecule has 0 radical (unpaired) electrons. The molecule has 1 fully saturated rings. The van der Waals surface area contributed by atoms with Crippen molar-refractivity contribution in [3.8, 4) is 5.75 Å². The Morgan fingerprint density at radius 1 is 1.16 bits per heavy atom. The lowest BCUT2D eigenvalue weighted by Crippen LogP contribution is -2.36. The quantitative estimate of drug-likeness (QED) is 0.843. The standard InChI is InChI=1S/C15H23NOS2/c1-12-3-4-15(9-13(12)2)17-6-5-16-14-10-18-7-8-19-11-14/h3-4,9,14,16H,5-8,10-11H2,1-2H3. The second kappa shape index (κ2) is 8.08. The summed E-state index contributed by atoms with van der Waals surface area (Å²) in [5, 5.41) is 3.59.